The Morgan fingerprint density at radius 3 is 2.54 bits per heavy atom. The molecule has 0 amide bonds. The number of imidazole rings is 1. The lowest BCUT2D eigenvalue weighted by molar-refractivity contribution is 0.0895. The van der Waals surface area contributed by atoms with Gasteiger partial charge < -0.3 is 19.5 Å². The largest absolute Gasteiger partial charge is 0.491 e. The number of aliphatic hydroxyl groups is 2. The van der Waals surface area contributed by atoms with Gasteiger partial charge in [0.25, 0.3) is 0 Å². The van der Waals surface area contributed by atoms with Crippen LogP contribution < -0.4 is 4.74 Å². The number of aromatic nitrogens is 2. The van der Waals surface area contributed by atoms with Crippen molar-refractivity contribution in [3.63, 3.8) is 0 Å². The molecule has 0 aliphatic rings. The van der Waals surface area contributed by atoms with Gasteiger partial charge in [0.05, 0.1) is 17.6 Å². The zero-order chi connectivity index (χ0) is 17.1. The number of fused-ring (bicyclic) bond motifs is 1. The lowest BCUT2D eigenvalue weighted by atomic mass is 10.3. The Hall–Kier alpha value is -1.89. The summed E-state index contributed by atoms with van der Waals surface area (Å²) in [6, 6.07) is 15.1. The Morgan fingerprint density at radius 2 is 1.83 bits per heavy atom. The van der Waals surface area contributed by atoms with E-state index in [1.165, 1.54) is 0 Å². The molecule has 0 radical (unpaired) electrons. The van der Waals surface area contributed by atoms with Crippen LogP contribution in [0.4, 0.5) is 0 Å². The van der Waals surface area contributed by atoms with E-state index >= 15 is 0 Å². The van der Waals surface area contributed by atoms with E-state index in [0.717, 1.165) is 15.5 Å². The van der Waals surface area contributed by atoms with Gasteiger partial charge in [0.15, 0.2) is 0 Å². The summed E-state index contributed by atoms with van der Waals surface area (Å²) in [7, 11) is 0. The molecule has 0 spiro atoms. The molecule has 126 valence electrons. The fraction of sp³-hybridized carbons (Fsp3) is 0.278. The summed E-state index contributed by atoms with van der Waals surface area (Å²) < 4.78 is 8.43. The average molecular weight is 391 g/mol. The van der Waals surface area contributed by atoms with Crippen molar-refractivity contribution in [2.24, 2.45) is 0 Å². The molecule has 3 aromatic rings. The summed E-state index contributed by atoms with van der Waals surface area (Å²) in [4.78, 5) is 4.45. The van der Waals surface area contributed by atoms with E-state index in [9.17, 15) is 10.2 Å². The number of hydrogen-bond donors (Lipinski definition) is 2. The molecule has 0 aliphatic heterocycles. The first kappa shape index (κ1) is 17.0. The molecule has 3 rings (SSSR count). The highest BCUT2D eigenvalue weighted by atomic mass is 79.9. The lowest BCUT2D eigenvalue weighted by Crippen LogP contribution is -2.25. The van der Waals surface area contributed by atoms with Crippen LogP contribution in [0.5, 0.6) is 5.75 Å². The van der Waals surface area contributed by atoms with Crippen LogP contribution in [0.3, 0.4) is 0 Å². The summed E-state index contributed by atoms with van der Waals surface area (Å²) in [5.41, 5.74) is 1.69. The fourth-order valence-corrected chi connectivity index (χ4v) is 2.86. The fourth-order valence-electron chi connectivity index (χ4n) is 2.59. The number of nitrogens with zero attached hydrogens (tertiary/aromatic N) is 2. The van der Waals surface area contributed by atoms with Crippen molar-refractivity contribution in [3.8, 4) is 5.75 Å². The molecule has 0 fully saturated rings. The van der Waals surface area contributed by atoms with Gasteiger partial charge in [0, 0.05) is 4.47 Å². The normalized spacial score (nSPS) is 13.8. The maximum absolute atomic E-state index is 10.3. The zero-order valence-corrected chi connectivity index (χ0v) is 14.8. The summed E-state index contributed by atoms with van der Waals surface area (Å²) in [6.45, 7) is 2.13. The quantitative estimate of drug-likeness (QED) is 0.677. The Bertz CT molecular complexity index is 815. The number of rotatable bonds is 6. The van der Waals surface area contributed by atoms with Crippen molar-refractivity contribution in [1.29, 1.82) is 0 Å². The highest BCUT2D eigenvalue weighted by molar-refractivity contribution is 9.10. The van der Waals surface area contributed by atoms with E-state index in [1.807, 2.05) is 53.1 Å². The molecule has 1 aromatic heterocycles. The minimum Gasteiger partial charge on any atom is -0.491 e. The van der Waals surface area contributed by atoms with E-state index in [2.05, 4.69) is 20.9 Å². The van der Waals surface area contributed by atoms with E-state index in [-0.39, 0.29) is 6.61 Å². The van der Waals surface area contributed by atoms with Crippen LogP contribution in [-0.4, -0.2) is 32.5 Å². The van der Waals surface area contributed by atoms with Gasteiger partial charge in [-0.25, -0.2) is 4.98 Å². The van der Waals surface area contributed by atoms with Gasteiger partial charge in [-0.15, -0.1) is 0 Å². The molecular weight excluding hydrogens is 372 g/mol. The van der Waals surface area contributed by atoms with Crippen LogP contribution in [-0.2, 0) is 6.54 Å². The molecule has 0 saturated heterocycles. The topological polar surface area (TPSA) is 67.5 Å². The van der Waals surface area contributed by atoms with Gasteiger partial charge in [0.2, 0.25) is 0 Å². The monoisotopic (exact) mass is 390 g/mol. The Balaban J connectivity index is 1.73. The van der Waals surface area contributed by atoms with Crippen molar-refractivity contribution in [2.45, 2.75) is 25.7 Å². The highest BCUT2D eigenvalue weighted by Gasteiger charge is 2.17. The number of halogens is 1. The SMILES string of the molecule is C[C@H](O)c1nc2ccccc2n1C[C@H](O)COc1ccc(Br)cc1. The molecule has 5 nitrogen and oxygen atoms in total. The number of hydrogen-bond acceptors (Lipinski definition) is 4. The van der Waals surface area contributed by atoms with Crippen molar-refractivity contribution in [3.05, 3.63) is 58.8 Å². The molecule has 6 heteroatoms. The second kappa shape index (κ2) is 7.34. The zero-order valence-electron chi connectivity index (χ0n) is 13.3. The third-order valence-corrected chi connectivity index (χ3v) is 4.24. The van der Waals surface area contributed by atoms with Crippen LogP contribution in [0.15, 0.2) is 53.0 Å². The van der Waals surface area contributed by atoms with E-state index < -0.39 is 12.2 Å². The van der Waals surface area contributed by atoms with Crippen LogP contribution in [0, 0.1) is 0 Å². The van der Waals surface area contributed by atoms with E-state index in [4.69, 9.17) is 4.74 Å². The maximum atomic E-state index is 10.3. The summed E-state index contributed by atoms with van der Waals surface area (Å²) >= 11 is 3.37. The Morgan fingerprint density at radius 1 is 1.12 bits per heavy atom. The average Bonchev–Trinajstić information content (AvgIpc) is 2.93. The lowest BCUT2D eigenvalue weighted by Gasteiger charge is -2.16. The van der Waals surface area contributed by atoms with Crippen LogP contribution in [0.1, 0.15) is 18.9 Å². The summed E-state index contributed by atoms with van der Waals surface area (Å²) in [5, 5.41) is 20.3. The smallest absolute Gasteiger partial charge is 0.138 e. The molecule has 0 aliphatic carbocycles. The van der Waals surface area contributed by atoms with Crippen LogP contribution >= 0.6 is 15.9 Å². The second-order valence-electron chi connectivity index (χ2n) is 5.66. The number of aliphatic hydroxyl groups excluding tert-OH is 2. The third kappa shape index (κ3) is 3.77. The van der Waals surface area contributed by atoms with Gasteiger partial charge in [-0.3, -0.25) is 0 Å². The van der Waals surface area contributed by atoms with Gasteiger partial charge in [-0.2, -0.15) is 0 Å². The van der Waals surface area contributed by atoms with Gasteiger partial charge in [-0.1, -0.05) is 28.1 Å². The second-order valence-corrected chi connectivity index (χ2v) is 6.58. The molecule has 0 saturated carbocycles. The van der Waals surface area contributed by atoms with Crippen LogP contribution in [0.25, 0.3) is 11.0 Å². The number of para-hydroxylation sites is 2. The van der Waals surface area contributed by atoms with Crippen molar-refractivity contribution in [1.82, 2.24) is 9.55 Å². The number of ether oxygens (including phenoxy) is 1. The van der Waals surface area contributed by atoms with Crippen molar-refractivity contribution >= 4 is 27.0 Å². The molecule has 2 atom stereocenters. The predicted octanol–water partition coefficient (Wildman–Crippen LogP) is 3.29. The van der Waals surface area contributed by atoms with Crippen LogP contribution in [0.2, 0.25) is 0 Å². The van der Waals surface area contributed by atoms with Crippen molar-refractivity contribution < 1.29 is 14.9 Å². The molecule has 2 N–H and O–H groups in total. The first-order valence-corrected chi connectivity index (χ1v) is 8.53. The van der Waals surface area contributed by atoms with Gasteiger partial charge in [0.1, 0.15) is 30.4 Å². The molecule has 24 heavy (non-hydrogen) atoms. The first-order valence-electron chi connectivity index (χ1n) is 7.74. The molecule has 2 aromatic carbocycles. The van der Waals surface area contributed by atoms with Gasteiger partial charge >= 0.3 is 0 Å². The molecule has 1 heterocycles. The Labute approximate surface area is 148 Å². The van der Waals surface area contributed by atoms with Gasteiger partial charge in [-0.05, 0) is 43.3 Å². The van der Waals surface area contributed by atoms with Crippen molar-refractivity contribution in [2.75, 3.05) is 6.61 Å². The third-order valence-electron chi connectivity index (χ3n) is 3.71. The molecule has 0 bridgehead atoms. The Kier molecular flexibility index (Phi) is 5.18. The molecule has 0 unspecified atom stereocenters. The summed E-state index contributed by atoms with van der Waals surface area (Å²) in [5.74, 6) is 1.24. The minimum atomic E-state index is -0.719. The first-order chi connectivity index (χ1) is 11.5. The highest BCUT2D eigenvalue weighted by Crippen LogP contribution is 2.21. The standard InChI is InChI=1S/C18H19BrN2O3/c1-12(22)18-20-16-4-2-3-5-17(16)21(18)10-14(23)11-24-15-8-6-13(19)7-9-15/h2-9,12,14,22-23H,10-11H2,1H3/t12-,14-/m0/s1. The number of benzene rings is 2. The minimum absolute atomic E-state index is 0.160. The van der Waals surface area contributed by atoms with E-state index in [1.54, 1.807) is 6.92 Å². The predicted molar refractivity (Wildman–Crippen MR) is 96.0 cm³/mol. The maximum Gasteiger partial charge on any atom is 0.138 e. The van der Waals surface area contributed by atoms with E-state index in [0.29, 0.717) is 18.1 Å². The molecular formula is C18H19BrN2O3. The summed E-state index contributed by atoms with van der Waals surface area (Å²) in [6.07, 6.45) is -1.43.